The van der Waals surface area contributed by atoms with Crippen LogP contribution in [-0.2, 0) is 17.6 Å². The maximum absolute atomic E-state index is 12.2. The lowest BCUT2D eigenvalue weighted by Crippen LogP contribution is -2.39. The van der Waals surface area contributed by atoms with E-state index in [1.54, 1.807) is 0 Å². The van der Waals surface area contributed by atoms with Crippen molar-refractivity contribution < 1.29 is 4.79 Å². The summed E-state index contributed by atoms with van der Waals surface area (Å²) in [5.41, 5.74) is 6.81. The van der Waals surface area contributed by atoms with Crippen molar-refractivity contribution in [1.82, 2.24) is 15.2 Å². The number of anilines is 1. The van der Waals surface area contributed by atoms with Crippen LogP contribution in [0.1, 0.15) is 45.5 Å². The minimum atomic E-state index is -0.598. The van der Waals surface area contributed by atoms with Gasteiger partial charge in [-0.25, -0.2) is 4.98 Å². The maximum Gasteiger partial charge on any atom is 0.249 e. The molecule has 19 heavy (non-hydrogen) atoms. The number of aryl methyl sites for hydroxylation is 2. The molecule has 1 aromatic heterocycles. The van der Waals surface area contributed by atoms with Gasteiger partial charge in [-0.15, -0.1) is 10.2 Å². The van der Waals surface area contributed by atoms with E-state index in [2.05, 4.69) is 20.5 Å². The van der Waals surface area contributed by atoms with Gasteiger partial charge in [-0.1, -0.05) is 20.8 Å². The van der Waals surface area contributed by atoms with Crippen molar-refractivity contribution in [2.75, 3.05) is 11.9 Å². The van der Waals surface area contributed by atoms with Gasteiger partial charge in [0.15, 0.2) is 0 Å². The van der Waals surface area contributed by atoms with Gasteiger partial charge in [-0.2, -0.15) is 0 Å². The molecule has 1 amide bonds. The third kappa shape index (κ3) is 3.47. The Kier molecular flexibility index (Phi) is 5.35. The fraction of sp³-hybridized carbons (Fsp3) is 0.692. The monoisotopic (exact) mass is 265 g/mol. The van der Waals surface area contributed by atoms with Crippen molar-refractivity contribution in [3.63, 3.8) is 0 Å². The van der Waals surface area contributed by atoms with Crippen molar-refractivity contribution in [1.29, 1.82) is 0 Å². The van der Waals surface area contributed by atoms with Crippen molar-refractivity contribution in [3.8, 4) is 0 Å². The normalized spacial score (nSPS) is 13.9. The first-order valence-electron chi connectivity index (χ1n) is 6.74. The Hall–Kier alpha value is -1.56. The third-order valence-corrected chi connectivity index (χ3v) is 3.51. The molecule has 0 bridgehead atoms. The number of nitrogens with two attached hydrogens (primary N) is 1. The van der Waals surface area contributed by atoms with Gasteiger partial charge in [0, 0.05) is 6.54 Å². The standard InChI is InChI=1S/C13H23N5O/c1-5-9-10(6-2)17-18-12(15-9)16-11(19)13(4,7-3)8-14/h5-8,14H2,1-4H3,(H,15,16,18,19). The summed E-state index contributed by atoms with van der Waals surface area (Å²) >= 11 is 0. The van der Waals surface area contributed by atoms with Crippen LogP contribution < -0.4 is 11.1 Å². The molecule has 6 nitrogen and oxygen atoms in total. The molecule has 0 radical (unpaired) electrons. The van der Waals surface area contributed by atoms with Crippen molar-refractivity contribution in [2.45, 2.75) is 47.0 Å². The molecule has 0 saturated carbocycles. The average molecular weight is 265 g/mol. The van der Waals surface area contributed by atoms with Crippen LogP contribution in [0.4, 0.5) is 5.95 Å². The largest absolute Gasteiger partial charge is 0.329 e. The maximum atomic E-state index is 12.2. The van der Waals surface area contributed by atoms with E-state index in [0.29, 0.717) is 6.42 Å². The van der Waals surface area contributed by atoms with E-state index < -0.39 is 5.41 Å². The fourth-order valence-electron chi connectivity index (χ4n) is 1.64. The molecule has 0 spiro atoms. The number of aromatic nitrogens is 3. The molecular weight excluding hydrogens is 242 g/mol. The van der Waals surface area contributed by atoms with Crippen molar-refractivity contribution >= 4 is 11.9 Å². The molecule has 0 fully saturated rings. The van der Waals surface area contributed by atoms with Gasteiger partial charge in [0.05, 0.1) is 16.8 Å². The lowest BCUT2D eigenvalue weighted by atomic mass is 9.87. The smallest absolute Gasteiger partial charge is 0.249 e. The number of carbonyl (C=O) groups is 1. The number of hydrogen-bond donors (Lipinski definition) is 2. The minimum Gasteiger partial charge on any atom is -0.329 e. The van der Waals surface area contributed by atoms with Gasteiger partial charge in [0.1, 0.15) is 0 Å². The van der Waals surface area contributed by atoms with Gasteiger partial charge in [-0.3, -0.25) is 10.1 Å². The number of amides is 1. The van der Waals surface area contributed by atoms with E-state index in [9.17, 15) is 4.79 Å². The summed E-state index contributed by atoms with van der Waals surface area (Å²) in [6.45, 7) is 8.06. The Bertz CT molecular complexity index is 443. The number of carbonyl (C=O) groups excluding carboxylic acids is 1. The van der Waals surface area contributed by atoms with Gasteiger partial charge in [0.2, 0.25) is 11.9 Å². The molecule has 3 N–H and O–H groups in total. The molecular formula is C13H23N5O. The quantitative estimate of drug-likeness (QED) is 0.808. The summed E-state index contributed by atoms with van der Waals surface area (Å²) in [6.07, 6.45) is 2.22. The average Bonchev–Trinajstić information content (AvgIpc) is 2.45. The molecule has 106 valence electrons. The second kappa shape index (κ2) is 6.56. The predicted molar refractivity (Wildman–Crippen MR) is 74.7 cm³/mol. The molecule has 0 aliphatic carbocycles. The highest BCUT2D eigenvalue weighted by atomic mass is 16.2. The van der Waals surface area contributed by atoms with Crippen LogP contribution in [0.2, 0.25) is 0 Å². The molecule has 0 saturated heterocycles. The second-order valence-electron chi connectivity index (χ2n) is 4.81. The molecule has 6 heteroatoms. The molecule has 1 unspecified atom stereocenters. The summed E-state index contributed by atoms with van der Waals surface area (Å²) in [5.74, 6) is 0.0952. The number of nitrogens with zero attached hydrogens (tertiary/aromatic N) is 3. The Morgan fingerprint density at radius 1 is 1.21 bits per heavy atom. The second-order valence-corrected chi connectivity index (χ2v) is 4.81. The van der Waals surface area contributed by atoms with E-state index in [4.69, 9.17) is 5.73 Å². The minimum absolute atomic E-state index is 0.161. The van der Waals surface area contributed by atoms with Gasteiger partial charge in [0.25, 0.3) is 0 Å². The molecule has 1 aromatic rings. The topological polar surface area (TPSA) is 93.8 Å². The van der Waals surface area contributed by atoms with Crippen molar-refractivity contribution in [2.24, 2.45) is 11.1 Å². The summed E-state index contributed by atoms with van der Waals surface area (Å²) in [4.78, 5) is 16.5. The molecule has 1 heterocycles. The highest BCUT2D eigenvalue weighted by molar-refractivity contribution is 5.93. The lowest BCUT2D eigenvalue weighted by Gasteiger charge is -2.24. The van der Waals surface area contributed by atoms with Gasteiger partial charge in [-0.05, 0) is 26.2 Å². The molecule has 0 aromatic carbocycles. The molecule has 0 aliphatic heterocycles. The van der Waals surface area contributed by atoms with Crippen LogP contribution in [0.25, 0.3) is 0 Å². The first kappa shape index (κ1) is 15.5. The van der Waals surface area contributed by atoms with Crippen LogP contribution in [0.5, 0.6) is 0 Å². The van der Waals surface area contributed by atoms with E-state index >= 15 is 0 Å². The van der Waals surface area contributed by atoms with E-state index in [-0.39, 0.29) is 18.4 Å². The molecule has 1 atom stereocenters. The SMILES string of the molecule is CCc1nnc(NC(=O)C(C)(CC)CN)nc1CC. The van der Waals surface area contributed by atoms with E-state index in [1.165, 1.54) is 0 Å². The number of rotatable bonds is 6. The zero-order valence-corrected chi connectivity index (χ0v) is 12.2. The summed E-state index contributed by atoms with van der Waals surface area (Å²) in [5, 5.41) is 10.7. The molecule has 1 rings (SSSR count). The Morgan fingerprint density at radius 2 is 1.84 bits per heavy atom. The van der Waals surface area contributed by atoms with Crippen LogP contribution in [0.3, 0.4) is 0 Å². The predicted octanol–water partition coefficient (Wildman–Crippen LogP) is 1.31. The summed E-state index contributed by atoms with van der Waals surface area (Å²) in [6, 6.07) is 0. The highest BCUT2D eigenvalue weighted by Gasteiger charge is 2.30. The fourth-order valence-corrected chi connectivity index (χ4v) is 1.64. The third-order valence-electron chi connectivity index (χ3n) is 3.51. The van der Waals surface area contributed by atoms with Crippen LogP contribution >= 0.6 is 0 Å². The van der Waals surface area contributed by atoms with Crippen molar-refractivity contribution in [3.05, 3.63) is 11.4 Å². The first-order chi connectivity index (χ1) is 9.00. The number of hydrogen-bond acceptors (Lipinski definition) is 5. The van der Waals surface area contributed by atoms with Crippen LogP contribution in [-0.4, -0.2) is 27.6 Å². The Labute approximate surface area is 114 Å². The van der Waals surface area contributed by atoms with Gasteiger partial charge < -0.3 is 5.73 Å². The Balaban J connectivity index is 2.91. The van der Waals surface area contributed by atoms with E-state index in [0.717, 1.165) is 24.2 Å². The lowest BCUT2D eigenvalue weighted by molar-refractivity contribution is -0.124. The van der Waals surface area contributed by atoms with Crippen LogP contribution in [0.15, 0.2) is 0 Å². The summed E-state index contributed by atoms with van der Waals surface area (Å²) in [7, 11) is 0. The first-order valence-corrected chi connectivity index (χ1v) is 6.74. The Morgan fingerprint density at radius 3 is 2.32 bits per heavy atom. The summed E-state index contributed by atoms with van der Waals surface area (Å²) < 4.78 is 0. The van der Waals surface area contributed by atoms with E-state index in [1.807, 2.05) is 27.7 Å². The molecule has 0 aliphatic rings. The number of nitrogens with one attached hydrogen (secondary N) is 1. The zero-order valence-electron chi connectivity index (χ0n) is 12.2. The van der Waals surface area contributed by atoms with Crippen LogP contribution in [0, 0.1) is 5.41 Å². The van der Waals surface area contributed by atoms with Gasteiger partial charge >= 0.3 is 0 Å². The zero-order chi connectivity index (χ0) is 14.5. The highest BCUT2D eigenvalue weighted by Crippen LogP contribution is 2.21.